The fraction of sp³-hybridized carbons (Fsp3) is 0.0612. The normalized spacial score (nSPS) is 14.9. The molecule has 2 heteroatoms. The minimum atomic E-state index is 0.113. The van der Waals surface area contributed by atoms with E-state index in [-0.39, 0.29) is 6.04 Å². The second-order valence-corrected chi connectivity index (χ2v) is 14.1. The summed E-state index contributed by atoms with van der Waals surface area (Å²) in [5.41, 5.74) is 16.6. The lowest BCUT2D eigenvalue weighted by atomic mass is 9.81. The van der Waals surface area contributed by atoms with Crippen LogP contribution in [0.1, 0.15) is 29.7 Å². The molecule has 0 saturated heterocycles. The predicted molar refractivity (Wildman–Crippen MR) is 216 cm³/mol. The molecule has 51 heavy (non-hydrogen) atoms. The van der Waals surface area contributed by atoms with Crippen LogP contribution in [0.25, 0.3) is 76.9 Å². The lowest BCUT2D eigenvalue weighted by Crippen LogP contribution is -2.30. The zero-order valence-electron chi connectivity index (χ0n) is 28.6. The van der Waals surface area contributed by atoms with E-state index in [2.05, 4.69) is 187 Å². The van der Waals surface area contributed by atoms with Gasteiger partial charge < -0.3 is 9.47 Å². The third-order valence-electron chi connectivity index (χ3n) is 11.5. The van der Waals surface area contributed by atoms with Gasteiger partial charge in [0.05, 0.1) is 28.5 Å². The first-order chi connectivity index (χ1) is 25.2. The molecule has 0 bridgehead atoms. The molecule has 1 aromatic heterocycles. The maximum Gasteiger partial charge on any atom is 0.0759 e. The average molecular weight is 651 g/mol. The van der Waals surface area contributed by atoms with E-state index in [1.807, 2.05) is 0 Å². The molecule has 2 heterocycles. The number of hydrogen-bond donors (Lipinski definition) is 0. The number of rotatable bonds is 3. The van der Waals surface area contributed by atoms with Gasteiger partial charge in [-0.3, -0.25) is 0 Å². The standard InChI is InChI=1S/C49H34N2/c1-30-44(31-15-5-3-6-16-31)40-29-43(36-22-11-12-23-39(36)49(40)50(2)48(30)33-17-7-4-8-18-33)51-41-26-14-25-38-35-21-10-9-20-34(35)37-24-13-19-32-27-28-42(51)47(45(32)37)46(38)41/h3-29,48H,1-2H3. The molecule has 0 spiro atoms. The third kappa shape index (κ3) is 3.82. The highest BCUT2D eigenvalue weighted by atomic mass is 15.1. The summed E-state index contributed by atoms with van der Waals surface area (Å²) >= 11 is 0. The third-order valence-corrected chi connectivity index (χ3v) is 11.5. The van der Waals surface area contributed by atoms with Crippen LogP contribution in [-0.4, -0.2) is 11.6 Å². The Labute approximate surface area is 297 Å². The van der Waals surface area contributed by atoms with Crippen LogP contribution in [-0.2, 0) is 0 Å². The van der Waals surface area contributed by atoms with Gasteiger partial charge in [0.2, 0.25) is 0 Å². The SMILES string of the molecule is CC1=C(c2ccccc2)c2cc(-n3c4cccc5c4c4c6c(cccc6ccc43)-c3ccccc3-5)c3ccccc3c2N(C)C1c1ccccc1. The van der Waals surface area contributed by atoms with Crippen molar-refractivity contribution >= 4 is 54.6 Å². The van der Waals surface area contributed by atoms with Gasteiger partial charge >= 0.3 is 0 Å². The van der Waals surface area contributed by atoms with Crippen LogP contribution in [0.4, 0.5) is 5.69 Å². The van der Waals surface area contributed by atoms with E-state index in [9.17, 15) is 0 Å². The number of anilines is 1. The molecule has 0 radical (unpaired) electrons. The van der Waals surface area contributed by atoms with Crippen LogP contribution in [0.5, 0.6) is 0 Å². The lowest BCUT2D eigenvalue weighted by Gasteiger charge is -2.40. The number of likely N-dealkylation sites (N-methyl/N-ethyl adjacent to an activating group) is 1. The molecule has 2 aliphatic rings. The summed E-state index contributed by atoms with van der Waals surface area (Å²) in [5.74, 6) is 0. The fourth-order valence-electron chi connectivity index (χ4n) is 9.55. The summed E-state index contributed by atoms with van der Waals surface area (Å²) in [6.45, 7) is 2.33. The van der Waals surface area contributed by atoms with Crippen LogP contribution < -0.4 is 4.90 Å². The van der Waals surface area contributed by atoms with Gasteiger partial charge in [-0.05, 0) is 80.4 Å². The van der Waals surface area contributed by atoms with Crippen molar-refractivity contribution in [3.8, 4) is 27.9 Å². The van der Waals surface area contributed by atoms with Gasteiger partial charge in [0.25, 0.3) is 0 Å². The molecule has 1 unspecified atom stereocenters. The highest BCUT2D eigenvalue weighted by molar-refractivity contribution is 6.30. The van der Waals surface area contributed by atoms with Crippen molar-refractivity contribution in [3.63, 3.8) is 0 Å². The van der Waals surface area contributed by atoms with E-state index in [4.69, 9.17) is 0 Å². The topological polar surface area (TPSA) is 8.17 Å². The first-order valence-electron chi connectivity index (χ1n) is 17.9. The predicted octanol–water partition coefficient (Wildman–Crippen LogP) is 12.8. The van der Waals surface area contributed by atoms with E-state index in [1.165, 1.54) is 105 Å². The van der Waals surface area contributed by atoms with Crippen LogP contribution in [0.2, 0.25) is 0 Å². The Kier molecular flexibility index (Phi) is 5.89. The molecule has 11 rings (SSSR count). The van der Waals surface area contributed by atoms with Crippen LogP contribution in [0.15, 0.2) is 169 Å². The Morgan fingerprint density at radius 3 is 1.84 bits per heavy atom. The largest absolute Gasteiger partial charge is 0.363 e. The van der Waals surface area contributed by atoms with Crippen LogP contribution in [0, 0.1) is 0 Å². The summed E-state index contributed by atoms with van der Waals surface area (Å²) in [6, 6.07) is 60.9. The van der Waals surface area contributed by atoms with Gasteiger partial charge in [0.1, 0.15) is 0 Å². The monoisotopic (exact) mass is 650 g/mol. The Hall–Kier alpha value is -6.38. The smallest absolute Gasteiger partial charge is 0.0759 e. The highest BCUT2D eigenvalue weighted by Gasteiger charge is 2.34. The highest BCUT2D eigenvalue weighted by Crippen LogP contribution is 2.53. The first kappa shape index (κ1) is 28.5. The van der Waals surface area contributed by atoms with E-state index in [0.717, 1.165) is 0 Å². The number of benzene rings is 8. The fourth-order valence-corrected chi connectivity index (χ4v) is 9.55. The molecule has 0 fully saturated rings. The van der Waals surface area contributed by atoms with E-state index < -0.39 is 0 Å². The molecule has 0 N–H and O–H groups in total. The van der Waals surface area contributed by atoms with Crippen molar-refractivity contribution in [2.24, 2.45) is 0 Å². The summed E-state index contributed by atoms with van der Waals surface area (Å²) < 4.78 is 2.56. The Bertz CT molecular complexity index is 2930. The number of hydrogen-bond acceptors (Lipinski definition) is 1. The van der Waals surface area contributed by atoms with Gasteiger partial charge in [-0.2, -0.15) is 0 Å². The Morgan fingerprint density at radius 2 is 1.08 bits per heavy atom. The molecule has 8 aromatic carbocycles. The summed E-state index contributed by atoms with van der Waals surface area (Å²) in [6.07, 6.45) is 0. The maximum absolute atomic E-state index is 2.56. The van der Waals surface area contributed by atoms with Crippen LogP contribution in [0.3, 0.4) is 0 Å². The van der Waals surface area contributed by atoms with Gasteiger partial charge in [-0.25, -0.2) is 0 Å². The molecule has 240 valence electrons. The summed E-state index contributed by atoms with van der Waals surface area (Å²) in [7, 11) is 2.28. The molecule has 0 amide bonds. The van der Waals surface area contributed by atoms with E-state index in [1.54, 1.807) is 0 Å². The summed E-state index contributed by atoms with van der Waals surface area (Å²) in [4.78, 5) is 2.51. The van der Waals surface area contributed by atoms with E-state index in [0.29, 0.717) is 0 Å². The molecule has 1 atom stereocenters. The zero-order valence-corrected chi connectivity index (χ0v) is 28.6. The van der Waals surface area contributed by atoms with Crippen molar-refractivity contribution in [2.75, 3.05) is 11.9 Å². The average Bonchev–Trinajstić information content (AvgIpc) is 3.46. The minimum Gasteiger partial charge on any atom is -0.363 e. The molecule has 2 nitrogen and oxygen atoms in total. The zero-order chi connectivity index (χ0) is 33.8. The first-order valence-corrected chi connectivity index (χ1v) is 17.9. The molecular weight excluding hydrogens is 617 g/mol. The van der Waals surface area contributed by atoms with Gasteiger partial charge in [-0.1, -0.05) is 146 Å². The Balaban J connectivity index is 1.30. The molecule has 1 aliphatic carbocycles. The van der Waals surface area contributed by atoms with E-state index >= 15 is 0 Å². The summed E-state index contributed by atoms with van der Waals surface area (Å²) in [5, 5.41) is 7.79. The minimum absolute atomic E-state index is 0.113. The lowest BCUT2D eigenvalue weighted by molar-refractivity contribution is 0.759. The second-order valence-electron chi connectivity index (χ2n) is 14.1. The maximum atomic E-state index is 2.56. The number of aromatic nitrogens is 1. The molecule has 0 saturated carbocycles. The molecular formula is C49H34N2. The van der Waals surface area contributed by atoms with Crippen molar-refractivity contribution in [2.45, 2.75) is 13.0 Å². The van der Waals surface area contributed by atoms with Gasteiger partial charge in [-0.15, -0.1) is 0 Å². The van der Waals surface area contributed by atoms with Crippen molar-refractivity contribution < 1.29 is 0 Å². The quantitative estimate of drug-likeness (QED) is 0.185. The van der Waals surface area contributed by atoms with Gasteiger partial charge in [0, 0.05) is 34.2 Å². The van der Waals surface area contributed by atoms with Gasteiger partial charge in [0.15, 0.2) is 0 Å². The van der Waals surface area contributed by atoms with Crippen molar-refractivity contribution in [1.82, 2.24) is 4.57 Å². The molecule has 1 aliphatic heterocycles. The Morgan fingerprint density at radius 1 is 0.471 bits per heavy atom. The van der Waals surface area contributed by atoms with Crippen molar-refractivity contribution in [3.05, 3.63) is 186 Å². The number of fused-ring (bicyclic) bond motifs is 6. The second kappa shape index (κ2) is 10.6. The number of nitrogens with zero attached hydrogens (tertiary/aromatic N) is 2. The van der Waals surface area contributed by atoms with Crippen LogP contribution >= 0.6 is 0 Å². The van der Waals surface area contributed by atoms with Crippen molar-refractivity contribution in [1.29, 1.82) is 0 Å². The molecule has 9 aromatic rings.